The van der Waals surface area contributed by atoms with Crippen LogP contribution in [0.1, 0.15) is 24.7 Å². The highest BCUT2D eigenvalue weighted by atomic mass is 16.5. The first-order valence-electron chi connectivity index (χ1n) is 8.56. The third-order valence-electron chi connectivity index (χ3n) is 5.17. The molecule has 126 valence electrons. The Morgan fingerprint density at radius 2 is 2.08 bits per heavy atom. The normalized spacial score (nSPS) is 24.6. The maximum Gasteiger partial charge on any atom is 0.230 e. The zero-order chi connectivity index (χ0) is 16.7. The van der Waals surface area contributed by atoms with E-state index in [1.807, 2.05) is 42.5 Å². The lowest BCUT2D eigenvalue weighted by Gasteiger charge is -2.04. The summed E-state index contributed by atoms with van der Waals surface area (Å²) in [5.74, 6) is 3.04. The smallest absolute Gasteiger partial charge is 0.230 e. The third-order valence-corrected chi connectivity index (χ3v) is 5.17. The van der Waals surface area contributed by atoms with Crippen LogP contribution in [0, 0.1) is 5.41 Å². The molecule has 6 heteroatoms. The van der Waals surface area contributed by atoms with E-state index in [4.69, 9.17) is 9.26 Å². The van der Waals surface area contributed by atoms with Gasteiger partial charge in [0.2, 0.25) is 17.6 Å². The van der Waals surface area contributed by atoms with Crippen LogP contribution in [0.3, 0.4) is 0 Å². The van der Waals surface area contributed by atoms with Crippen LogP contribution >= 0.6 is 0 Å². The molecule has 1 saturated heterocycles. The van der Waals surface area contributed by atoms with Gasteiger partial charge >= 0.3 is 0 Å². The van der Waals surface area contributed by atoms with Crippen molar-refractivity contribution in [1.29, 1.82) is 0 Å². The molecular formula is C19H18N4O2. The molecule has 25 heavy (non-hydrogen) atoms. The Morgan fingerprint density at radius 3 is 2.84 bits per heavy atom. The Kier molecular flexibility index (Phi) is 3.31. The van der Waals surface area contributed by atoms with Crippen LogP contribution < -0.4 is 10.1 Å². The van der Waals surface area contributed by atoms with E-state index < -0.39 is 0 Å². The van der Waals surface area contributed by atoms with Gasteiger partial charge in [-0.15, -0.1) is 0 Å². The average Bonchev–Trinajstić information content (AvgIpc) is 3.01. The lowest BCUT2D eigenvalue weighted by molar-refractivity contribution is 0.364. The maximum atomic E-state index is 5.70. The molecule has 0 amide bonds. The molecule has 1 N–H and O–H groups in total. The second-order valence-electron chi connectivity index (χ2n) is 6.80. The van der Waals surface area contributed by atoms with Gasteiger partial charge in [0.25, 0.3) is 0 Å². The van der Waals surface area contributed by atoms with E-state index in [0.29, 0.717) is 23.0 Å². The molecule has 0 radical (unpaired) electrons. The van der Waals surface area contributed by atoms with Crippen molar-refractivity contribution in [1.82, 2.24) is 20.4 Å². The van der Waals surface area contributed by atoms with Crippen molar-refractivity contribution in [3.8, 4) is 23.0 Å². The number of ether oxygens (including phenoxy) is 1. The van der Waals surface area contributed by atoms with E-state index in [9.17, 15) is 0 Å². The zero-order valence-electron chi connectivity index (χ0n) is 13.7. The van der Waals surface area contributed by atoms with Crippen molar-refractivity contribution >= 4 is 0 Å². The molecule has 1 aromatic carbocycles. The number of rotatable bonds is 4. The van der Waals surface area contributed by atoms with Crippen LogP contribution in [0.4, 0.5) is 0 Å². The van der Waals surface area contributed by atoms with E-state index >= 15 is 0 Å². The number of nitrogens with zero attached hydrogens (tertiary/aromatic N) is 3. The molecule has 2 aromatic heterocycles. The summed E-state index contributed by atoms with van der Waals surface area (Å²) < 4.78 is 11.2. The number of pyridine rings is 1. The molecule has 2 aliphatic rings. The monoisotopic (exact) mass is 334 g/mol. The summed E-state index contributed by atoms with van der Waals surface area (Å²) in [6.45, 7) is 2.15. The molecule has 1 spiro atoms. The summed E-state index contributed by atoms with van der Waals surface area (Å²) in [5.41, 5.74) is 1.18. The summed E-state index contributed by atoms with van der Waals surface area (Å²) in [5, 5.41) is 7.55. The SMILES string of the molecule is c1ccc(Oc2ccc(-c3noc(C4CC45CCNC5)n3)cn2)cc1. The number of benzene rings is 1. The van der Waals surface area contributed by atoms with Crippen LogP contribution in [-0.2, 0) is 0 Å². The molecule has 2 fully saturated rings. The largest absolute Gasteiger partial charge is 0.439 e. The van der Waals surface area contributed by atoms with Gasteiger partial charge in [0, 0.05) is 30.3 Å². The van der Waals surface area contributed by atoms with Gasteiger partial charge in [0.1, 0.15) is 5.75 Å². The minimum Gasteiger partial charge on any atom is -0.439 e. The minimum atomic E-state index is 0.357. The van der Waals surface area contributed by atoms with E-state index in [0.717, 1.165) is 36.7 Å². The first-order chi connectivity index (χ1) is 12.3. The highest BCUT2D eigenvalue weighted by molar-refractivity contribution is 5.53. The van der Waals surface area contributed by atoms with Gasteiger partial charge in [-0.25, -0.2) is 4.98 Å². The number of hydrogen-bond donors (Lipinski definition) is 1. The van der Waals surface area contributed by atoms with Crippen LogP contribution in [0.15, 0.2) is 53.2 Å². The van der Waals surface area contributed by atoms with Crippen molar-refractivity contribution in [3.63, 3.8) is 0 Å². The summed E-state index contributed by atoms with van der Waals surface area (Å²) in [7, 11) is 0. The molecule has 5 rings (SSSR count). The third kappa shape index (κ3) is 2.68. The van der Waals surface area contributed by atoms with Crippen LogP contribution in [0.25, 0.3) is 11.4 Å². The Balaban J connectivity index is 1.31. The maximum absolute atomic E-state index is 5.70. The number of aromatic nitrogens is 3. The standard InChI is InChI=1S/C19H18N4O2/c1-2-4-14(5-3-1)24-16-7-6-13(11-21-16)17-22-18(25-23-17)15-10-19(15)8-9-20-12-19/h1-7,11,15,20H,8-10,12H2. The molecule has 3 aromatic rings. The molecule has 1 saturated carbocycles. The first kappa shape index (κ1) is 14.6. The highest BCUT2D eigenvalue weighted by Crippen LogP contribution is 2.62. The first-order valence-corrected chi connectivity index (χ1v) is 8.56. The Morgan fingerprint density at radius 1 is 1.16 bits per heavy atom. The molecule has 2 unspecified atom stereocenters. The van der Waals surface area contributed by atoms with Gasteiger partial charge < -0.3 is 14.6 Å². The van der Waals surface area contributed by atoms with E-state index in [-0.39, 0.29) is 0 Å². The molecule has 1 aliphatic heterocycles. The quantitative estimate of drug-likeness (QED) is 0.788. The van der Waals surface area contributed by atoms with Gasteiger partial charge in [-0.2, -0.15) is 4.98 Å². The zero-order valence-corrected chi connectivity index (χ0v) is 13.7. The summed E-state index contributed by atoms with van der Waals surface area (Å²) in [6, 6.07) is 13.3. The van der Waals surface area contributed by atoms with Crippen LogP contribution in [-0.4, -0.2) is 28.2 Å². The number of nitrogens with one attached hydrogen (secondary N) is 1. The molecule has 1 aliphatic carbocycles. The lowest BCUT2D eigenvalue weighted by atomic mass is 10.0. The van der Waals surface area contributed by atoms with Gasteiger partial charge in [0.05, 0.1) is 0 Å². The molecule has 0 bridgehead atoms. The number of para-hydroxylation sites is 1. The topological polar surface area (TPSA) is 73.1 Å². The van der Waals surface area contributed by atoms with Crippen molar-refractivity contribution in [3.05, 3.63) is 54.6 Å². The van der Waals surface area contributed by atoms with Crippen LogP contribution in [0.2, 0.25) is 0 Å². The van der Waals surface area contributed by atoms with Crippen molar-refractivity contribution in [2.75, 3.05) is 13.1 Å². The molecule has 2 atom stereocenters. The summed E-state index contributed by atoms with van der Waals surface area (Å²) in [4.78, 5) is 8.93. The second-order valence-corrected chi connectivity index (χ2v) is 6.80. The Hall–Kier alpha value is -2.73. The fraction of sp³-hybridized carbons (Fsp3) is 0.316. The Labute approximate surface area is 145 Å². The average molecular weight is 334 g/mol. The second kappa shape index (κ2) is 5.67. The molecule has 6 nitrogen and oxygen atoms in total. The summed E-state index contributed by atoms with van der Waals surface area (Å²) in [6.07, 6.45) is 4.05. The van der Waals surface area contributed by atoms with Gasteiger partial charge in [-0.3, -0.25) is 0 Å². The number of hydrogen-bond acceptors (Lipinski definition) is 6. The minimum absolute atomic E-state index is 0.357. The van der Waals surface area contributed by atoms with Crippen LogP contribution in [0.5, 0.6) is 11.6 Å². The van der Waals surface area contributed by atoms with Crippen molar-refractivity contribution in [2.45, 2.75) is 18.8 Å². The fourth-order valence-corrected chi connectivity index (χ4v) is 3.61. The van der Waals surface area contributed by atoms with Gasteiger partial charge in [-0.05, 0) is 43.0 Å². The van der Waals surface area contributed by atoms with Gasteiger partial charge in [0.15, 0.2) is 0 Å². The van der Waals surface area contributed by atoms with E-state index in [1.54, 1.807) is 6.20 Å². The van der Waals surface area contributed by atoms with E-state index in [2.05, 4.69) is 20.4 Å². The van der Waals surface area contributed by atoms with Crippen molar-refractivity contribution < 1.29 is 9.26 Å². The lowest BCUT2D eigenvalue weighted by Crippen LogP contribution is -2.10. The van der Waals surface area contributed by atoms with E-state index in [1.165, 1.54) is 6.42 Å². The fourth-order valence-electron chi connectivity index (χ4n) is 3.61. The predicted octanol–water partition coefficient (Wildman–Crippen LogP) is 3.39. The highest BCUT2D eigenvalue weighted by Gasteiger charge is 2.58. The van der Waals surface area contributed by atoms with Crippen molar-refractivity contribution in [2.24, 2.45) is 5.41 Å². The summed E-state index contributed by atoms with van der Waals surface area (Å²) >= 11 is 0. The van der Waals surface area contributed by atoms with Gasteiger partial charge in [-0.1, -0.05) is 23.4 Å². The molecule has 3 heterocycles. The predicted molar refractivity (Wildman–Crippen MR) is 91.3 cm³/mol. The Bertz CT molecular complexity index is 870. The molecular weight excluding hydrogens is 316 g/mol.